The number of rotatable bonds is 7. The molecule has 0 fully saturated rings. The predicted molar refractivity (Wildman–Crippen MR) is 86.1 cm³/mol. The van der Waals surface area contributed by atoms with Gasteiger partial charge >= 0.3 is 0 Å². The summed E-state index contributed by atoms with van der Waals surface area (Å²) in [5.74, 6) is 1.71. The molecule has 0 amide bonds. The van der Waals surface area contributed by atoms with Crippen molar-refractivity contribution in [2.45, 2.75) is 19.9 Å². The molecule has 0 saturated carbocycles. The standard InChI is InChI=1S/C17H20ClNO2/c1-13-11-15(18)7-8-16(13)20-9-4-10-21-17-6-3-2-5-14(17)12-19/h2-3,5-8,11H,4,9-10,12,19H2,1H3. The van der Waals surface area contributed by atoms with E-state index in [1.54, 1.807) is 0 Å². The number of hydrogen-bond acceptors (Lipinski definition) is 3. The number of nitrogens with two attached hydrogens (primary N) is 1. The van der Waals surface area contributed by atoms with E-state index in [4.69, 9.17) is 26.8 Å². The Morgan fingerprint density at radius 1 is 1.00 bits per heavy atom. The van der Waals surface area contributed by atoms with Crippen molar-refractivity contribution in [2.24, 2.45) is 5.73 Å². The summed E-state index contributed by atoms with van der Waals surface area (Å²) < 4.78 is 11.5. The van der Waals surface area contributed by atoms with Crippen molar-refractivity contribution >= 4 is 11.6 Å². The Morgan fingerprint density at radius 3 is 2.43 bits per heavy atom. The molecule has 0 aliphatic rings. The van der Waals surface area contributed by atoms with E-state index >= 15 is 0 Å². The summed E-state index contributed by atoms with van der Waals surface area (Å²) in [7, 11) is 0. The quantitative estimate of drug-likeness (QED) is 0.788. The normalized spacial score (nSPS) is 10.4. The SMILES string of the molecule is Cc1cc(Cl)ccc1OCCCOc1ccccc1CN. The van der Waals surface area contributed by atoms with Crippen LogP contribution in [-0.4, -0.2) is 13.2 Å². The lowest BCUT2D eigenvalue weighted by molar-refractivity contribution is 0.245. The monoisotopic (exact) mass is 305 g/mol. The van der Waals surface area contributed by atoms with Gasteiger partial charge in [0.05, 0.1) is 13.2 Å². The van der Waals surface area contributed by atoms with Crippen molar-refractivity contribution in [3.63, 3.8) is 0 Å². The smallest absolute Gasteiger partial charge is 0.123 e. The van der Waals surface area contributed by atoms with Crippen LogP contribution in [0.15, 0.2) is 42.5 Å². The van der Waals surface area contributed by atoms with Gasteiger partial charge in [0.1, 0.15) is 11.5 Å². The van der Waals surface area contributed by atoms with Crippen LogP contribution >= 0.6 is 11.6 Å². The van der Waals surface area contributed by atoms with E-state index in [-0.39, 0.29) is 0 Å². The van der Waals surface area contributed by atoms with Gasteiger partial charge in [-0.25, -0.2) is 0 Å². The van der Waals surface area contributed by atoms with Gasteiger partial charge in [0, 0.05) is 23.6 Å². The van der Waals surface area contributed by atoms with E-state index in [1.165, 1.54) is 0 Å². The predicted octanol–water partition coefficient (Wildman–Crippen LogP) is 3.96. The van der Waals surface area contributed by atoms with Crippen molar-refractivity contribution in [3.8, 4) is 11.5 Å². The molecule has 0 radical (unpaired) electrons. The van der Waals surface area contributed by atoms with Crippen LogP contribution in [0.4, 0.5) is 0 Å². The second-order valence-corrected chi connectivity index (χ2v) is 5.21. The van der Waals surface area contributed by atoms with Crippen LogP contribution in [-0.2, 0) is 6.54 Å². The molecule has 0 unspecified atom stereocenters. The molecule has 3 nitrogen and oxygen atoms in total. The first-order valence-corrected chi connectivity index (χ1v) is 7.38. The van der Waals surface area contributed by atoms with Gasteiger partial charge in [0.25, 0.3) is 0 Å². The first-order chi connectivity index (χ1) is 10.2. The highest BCUT2D eigenvalue weighted by atomic mass is 35.5. The Morgan fingerprint density at radius 2 is 1.71 bits per heavy atom. The first-order valence-electron chi connectivity index (χ1n) is 7.00. The molecule has 112 valence electrons. The van der Waals surface area contributed by atoms with Gasteiger partial charge in [-0.1, -0.05) is 29.8 Å². The third kappa shape index (κ3) is 4.66. The number of ether oxygens (including phenoxy) is 2. The second kappa shape index (κ2) is 7.91. The molecular formula is C17H20ClNO2. The van der Waals surface area contributed by atoms with Crippen molar-refractivity contribution in [3.05, 3.63) is 58.6 Å². The van der Waals surface area contributed by atoms with Gasteiger partial charge in [-0.15, -0.1) is 0 Å². The molecule has 2 rings (SSSR count). The molecule has 0 heterocycles. The van der Waals surface area contributed by atoms with Crippen LogP contribution in [0.5, 0.6) is 11.5 Å². The van der Waals surface area contributed by atoms with E-state index in [0.717, 1.165) is 34.1 Å². The van der Waals surface area contributed by atoms with E-state index in [9.17, 15) is 0 Å². The topological polar surface area (TPSA) is 44.5 Å². The maximum Gasteiger partial charge on any atom is 0.123 e. The average Bonchev–Trinajstić information content (AvgIpc) is 2.49. The molecule has 4 heteroatoms. The Kier molecular flexibility index (Phi) is 5.90. The highest BCUT2D eigenvalue weighted by Crippen LogP contribution is 2.22. The number of hydrogen-bond donors (Lipinski definition) is 1. The second-order valence-electron chi connectivity index (χ2n) is 4.77. The molecule has 2 aromatic carbocycles. The lowest BCUT2D eigenvalue weighted by Gasteiger charge is -2.11. The zero-order valence-electron chi connectivity index (χ0n) is 12.1. The summed E-state index contributed by atoms with van der Waals surface area (Å²) >= 11 is 5.91. The molecule has 0 aromatic heterocycles. The van der Waals surface area contributed by atoms with Crippen molar-refractivity contribution in [2.75, 3.05) is 13.2 Å². The summed E-state index contributed by atoms with van der Waals surface area (Å²) in [6.45, 7) is 3.67. The highest BCUT2D eigenvalue weighted by molar-refractivity contribution is 6.30. The van der Waals surface area contributed by atoms with Crippen LogP contribution in [0.3, 0.4) is 0 Å². The van der Waals surface area contributed by atoms with Crippen LogP contribution < -0.4 is 15.2 Å². The highest BCUT2D eigenvalue weighted by Gasteiger charge is 2.02. The molecule has 0 aliphatic heterocycles. The van der Waals surface area contributed by atoms with Crippen LogP contribution in [0, 0.1) is 6.92 Å². The Bertz CT molecular complexity index is 587. The third-order valence-electron chi connectivity index (χ3n) is 3.13. The van der Waals surface area contributed by atoms with Crippen molar-refractivity contribution < 1.29 is 9.47 Å². The Balaban J connectivity index is 1.75. The van der Waals surface area contributed by atoms with Crippen molar-refractivity contribution in [1.29, 1.82) is 0 Å². The zero-order chi connectivity index (χ0) is 15.1. The third-order valence-corrected chi connectivity index (χ3v) is 3.37. The minimum Gasteiger partial charge on any atom is -0.493 e. The Labute approximate surface area is 130 Å². The van der Waals surface area contributed by atoms with E-state index in [2.05, 4.69) is 0 Å². The van der Waals surface area contributed by atoms with E-state index < -0.39 is 0 Å². The molecular weight excluding hydrogens is 286 g/mol. The zero-order valence-corrected chi connectivity index (χ0v) is 12.9. The number of para-hydroxylation sites is 1. The first kappa shape index (κ1) is 15.7. The molecule has 0 spiro atoms. The summed E-state index contributed by atoms with van der Waals surface area (Å²) in [5, 5.41) is 0.724. The van der Waals surface area contributed by atoms with Crippen LogP contribution in [0.25, 0.3) is 0 Å². The van der Waals surface area contributed by atoms with Gasteiger partial charge in [-0.3, -0.25) is 0 Å². The lowest BCUT2D eigenvalue weighted by Crippen LogP contribution is -2.07. The minimum atomic E-state index is 0.483. The molecule has 0 atom stereocenters. The summed E-state index contributed by atoms with van der Waals surface area (Å²) in [4.78, 5) is 0. The Hall–Kier alpha value is -1.71. The van der Waals surface area contributed by atoms with Crippen LogP contribution in [0.1, 0.15) is 17.5 Å². The number of aryl methyl sites for hydroxylation is 1. The van der Waals surface area contributed by atoms with Gasteiger partial charge in [0.2, 0.25) is 0 Å². The fraction of sp³-hybridized carbons (Fsp3) is 0.294. The largest absolute Gasteiger partial charge is 0.493 e. The van der Waals surface area contributed by atoms with E-state index in [1.807, 2.05) is 49.4 Å². The fourth-order valence-corrected chi connectivity index (χ4v) is 2.24. The molecule has 2 N–H and O–H groups in total. The molecule has 0 bridgehead atoms. The molecule has 21 heavy (non-hydrogen) atoms. The summed E-state index contributed by atoms with van der Waals surface area (Å²) in [5.41, 5.74) is 7.73. The maximum atomic E-state index is 5.91. The van der Waals surface area contributed by atoms with E-state index in [0.29, 0.717) is 19.8 Å². The van der Waals surface area contributed by atoms with Gasteiger partial charge in [-0.05, 0) is 36.8 Å². The molecule has 2 aromatic rings. The van der Waals surface area contributed by atoms with Gasteiger partial charge in [-0.2, -0.15) is 0 Å². The number of halogens is 1. The fourth-order valence-electron chi connectivity index (χ4n) is 2.01. The molecule has 0 aliphatic carbocycles. The average molecular weight is 306 g/mol. The minimum absolute atomic E-state index is 0.483. The summed E-state index contributed by atoms with van der Waals surface area (Å²) in [6.07, 6.45) is 0.807. The number of benzene rings is 2. The van der Waals surface area contributed by atoms with Crippen LogP contribution in [0.2, 0.25) is 5.02 Å². The molecule has 0 saturated heterocycles. The van der Waals surface area contributed by atoms with Gasteiger partial charge in [0.15, 0.2) is 0 Å². The van der Waals surface area contributed by atoms with Gasteiger partial charge < -0.3 is 15.2 Å². The summed E-state index contributed by atoms with van der Waals surface area (Å²) in [6, 6.07) is 13.4. The van der Waals surface area contributed by atoms with Crippen molar-refractivity contribution in [1.82, 2.24) is 0 Å². The lowest BCUT2D eigenvalue weighted by atomic mass is 10.2. The maximum absolute atomic E-state index is 5.91.